The number of rotatable bonds is 4. The van der Waals surface area contributed by atoms with Crippen molar-refractivity contribution in [2.75, 3.05) is 16.8 Å². The first kappa shape index (κ1) is 16.5. The number of nitrogens with zero attached hydrogens (tertiary/aromatic N) is 3. The summed E-state index contributed by atoms with van der Waals surface area (Å²) in [7, 11) is 0. The van der Waals surface area contributed by atoms with Crippen LogP contribution in [-0.4, -0.2) is 28.1 Å². The van der Waals surface area contributed by atoms with E-state index in [4.69, 9.17) is 11.6 Å². The summed E-state index contributed by atoms with van der Waals surface area (Å²) in [6.45, 7) is 3.39. The molecule has 0 atom stereocenters. The van der Waals surface area contributed by atoms with Crippen LogP contribution in [0.1, 0.15) is 25.0 Å². The van der Waals surface area contributed by atoms with E-state index in [1.165, 1.54) is 0 Å². The van der Waals surface area contributed by atoms with Crippen LogP contribution in [0.25, 0.3) is 0 Å². The Bertz CT molecular complexity index is 772. The highest BCUT2D eigenvalue weighted by Gasteiger charge is 2.24. The monoisotopic (exact) mass is 346 g/mol. The van der Waals surface area contributed by atoms with Crippen LogP contribution >= 0.6 is 11.6 Å². The zero-order chi connectivity index (χ0) is 17.1. The summed E-state index contributed by atoms with van der Waals surface area (Å²) < 4.78 is 1.85. The van der Waals surface area contributed by atoms with E-state index in [2.05, 4.69) is 10.4 Å². The van der Waals surface area contributed by atoms with Crippen molar-refractivity contribution in [3.8, 4) is 0 Å². The van der Waals surface area contributed by atoms with Crippen molar-refractivity contribution in [1.29, 1.82) is 0 Å². The van der Waals surface area contributed by atoms with E-state index in [1.807, 2.05) is 17.7 Å². The third-order valence-electron chi connectivity index (χ3n) is 3.92. The van der Waals surface area contributed by atoms with Gasteiger partial charge in [0.2, 0.25) is 11.8 Å². The minimum absolute atomic E-state index is 0.0647. The Morgan fingerprint density at radius 1 is 1.25 bits per heavy atom. The zero-order valence-corrected chi connectivity index (χ0v) is 14.2. The molecular weight excluding hydrogens is 328 g/mol. The fraction of sp³-hybridized carbons (Fsp3) is 0.353. The van der Waals surface area contributed by atoms with Crippen LogP contribution in [-0.2, 0) is 16.1 Å². The van der Waals surface area contributed by atoms with Gasteiger partial charge < -0.3 is 5.32 Å². The Hall–Kier alpha value is -2.34. The Kier molecular flexibility index (Phi) is 4.85. The molecular formula is C17H19ClN4O2. The van der Waals surface area contributed by atoms with Gasteiger partial charge in [-0.15, -0.1) is 0 Å². The van der Waals surface area contributed by atoms with Crippen LogP contribution < -0.4 is 10.2 Å². The number of carbonyl (C=O) groups excluding carboxylic acids is 2. The van der Waals surface area contributed by atoms with E-state index in [0.717, 1.165) is 24.5 Å². The smallest absolute Gasteiger partial charge is 0.228 e. The van der Waals surface area contributed by atoms with Gasteiger partial charge >= 0.3 is 0 Å². The number of carbonyl (C=O) groups is 2. The van der Waals surface area contributed by atoms with Gasteiger partial charge in [-0.1, -0.05) is 23.7 Å². The highest BCUT2D eigenvalue weighted by Crippen LogP contribution is 2.23. The van der Waals surface area contributed by atoms with Crippen LogP contribution in [0.4, 0.5) is 11.5 Å². The van der Waals surface area contributed by atoms with E-state index >= 15 is 0 Å². The summed E-state index contributed by atoms with van der Waals surface area (Å²) in [5.41, 5.74) is 1.45. The van der Waals surface area contributed by atoms with Gasteiger partial charge in [0, 0.05) is 32.0 Å². The normalized spacial score (nSPS) is 13.5. The SMILES string of the molecule is Cc1cc2n(n1)CCCN2C(=O)CCC(=O)Nc1ccccc1Cl. The van der Waals surface area contributed by atoms with Crippen LogP contribution in [0.5, 0.6) is 0 Å². The molecule has 6 nitrogen and oxygen atoms in total. The number of aryl methyl sites for hydroxylation is 2. The lowest BCUT2D eigenvalue weighted by Gasteiger charge is -2.27. The summed E-state index contributed by atoms with van der Waals surface area (Å²) in [4.78, 5) is 26.2. The lowest BCUT2D eigenvalue weighted by atomic mass is 10.2. The van der Waals surface area contributed by atoms with Crippen molar-refractivity contribution in [3.05, 3.63) is 41.0 Å². The number of hydrogen-bond acceptors (Lipinski definition) is 3. The first-order chi connectivity index (χ1) is 11.5. The second-order valence-electron chi connectivity index (χ2n) is 5.79. The molecule has 1 aromatic carbocycles. The summed E-state index contributed by atoms with van der Waals surface area (Å²) in [6.07, 6.45) is 1.14. The summed E-state index contributed by atoms with van der Waals surface area (Å²) in [5.74, 6) is 0.526. The Morgan fingerprint density at radius 3 is 2.83 bits per heavy atom. The molecule has 7 heteroatoms. The highest BCUT2D eigenvalue weighted by molar-refractivity contribution is 6.33. The van der Waals surface area contributed by atoms with Gasteiger partial charge in [0.1, 0.15) is 5.82 Å². The van der Waals surface area contributed by atoms with Crippen molar-refractivity contribution in [2.45, 2.75) is 32.7 Å². The molecule has 1 aliphatic heterocycles. The van der Waals surface area contributed by atoms with Crippen molar-refractivity contribution in [1.82, 2.24) is 9.78 Å². The maximum atomic E-state index is 12.5. The Morgan fingerprint density at radius 2 is 2.04 bits per heavy atom. The number of aromatic nitrogens is 2. The van der Waals surface area contributed by atoms with Crippen molar-refractivity contribution >= 4 is 34.9 Å². The van der Waals surface area contributed by atoms with E-state index in [-0.39, 0.29) is 24.7 Å². The second-order valence-corrected chi connectivity index (χ2v) is 6.20. The standard InChI is InChI=1S/C17H19ClN4O2/c1-12-11-16-21(9-4-10-22(16)20-12)17(24)8-7-15(23)19-14-6-3-2-5-13(14)18/h2-3,5-6,11H,4,7-10H2,1H3,(H,19,23). The second kappa shape index (κ2) is 7.05. The maximum Gasteiger partial charge on any atom is 0.228 e. The van der Waals surface area contributed by atoms with E-state index in [9.17, 15) is 9.59 Å². The molecule has 0 saturated carbocycles. The molecule has 0 fully saturated rings. The third-order valence-corrected chi connectivity index (χ3v) is 4.25. The average Bonchev–Trinajstić information content (AvgIpc) is 2.94. The predicted molar refractivity (Wildman–Crippen MR) is 93.2 cm³/mol. The lowest BCUT2D eigenvalue weighted by molar-refractivity contribution is -0.122. The molecule has 0 saturated heterocycles. The van der Waals surface area contributed by atoms with Gasteiger partial charge in [-0.2, -0.15) is 5.10 Å². The molecule has 3 rings (SSSR count). The molecule has 0 bridgehead atoms. The van der Waals surface area contributed by atoms with E-state index in [1.54, 1.807) is 29.2 Å². The first-order valence-electron chi connectivity index (χ1n) is 7.94. The van der Waals surface area contributed by atoms with Crippen LogP contribution in [0, 0.1) is 6.92 Å². The molecule has 0 radical (unpaired) electrons. The summed E-state index contributed by atoms with van der Waals surface area (Å²) >= 11 is 6.01. The fourth-order valence-corrected chi connectivity index (χ4v) is 2.97. The molecule has 1 aromatic heterocycles. The van der Waals surface area contributed by atoms with E-state index < -0.39 is 0 Å². The van der Waals surface area contributed by atoms with Gasteiger partial charge in [-0.3, -0.25) is 14.5 Å². The molecule has 2 amide bonds. The summed E-state index contributed by atoms with van der Waals surface area (Å²) in [6, 6.07) is 8.93. The minimum Gasteiger partial charge on any atom is -0.325 e. The van der Waals surface area contributed by atoms with Crippen molar-refractivity contribution < 1.29 is 9.59 Å². The largest absolute Gasteiger partial charge is 0.325 e. The number of halogens is 1. The average molecular weight is 347 g/mol. The molecule has 0 aliphatic carbocycles. The summed E-state index contributed by atoms with van der Waals surface area (Å²) in [5, 5.41) is 7.59. The van der Waals surface area contributed by atoms with Crippen molar-refractivity contribution in [3.63, 3.8) is 0 Å². The molecule has 0 spiro atoms. The Balaban J connectivity index is 1.58. The highest BCUT2D eigenvalue weighted by atomic mass is 35.5. The number of anilines is 2. The van der Waals surface area contributed by atoms with Gasteiger partial charge in [0.15, 0.2) is 0 Å². The number of hydrogen-bond donors (Lipinski definition) is 1. The number of para-hydroxylation sites is 1. The molecule has 0 unspecified atom stereocenters. The zero-order valence-electron chi connectivity index (χ0n) is 13.5. The third kappa shape index (κ3) is 3.59. The molecule has 2 aromatic rings. The van der Waals surface area contributed by atoms with E-state index in [0.29, 0.717) is 17.3 Å². The minimum atomic E-state index is -0.224. The Labute approximate surface area is 145 Å². The van der Waals surface area contributed by atoms with Gasteiger partial charge in [-0.05, 0) is 25.5 Å². The predicted octanol–water partition coefficient (Wildman–Crippen LogP) is 3.00. The quantitative estimate of drug-likeness (QED) is 0.925. The molecule has 2 heterocycles. The van der Waals surface area contributed by atoms with Gasteiger partial charge in [0.05, 0.1) is 16.4 Å². The van der Waals surface area contributed by atoms with Crippen LogP contribution in [0.3, 0.4) is 0 Å². The molecule has 24 heavy (non-hydrogen) atoms. The van der Waals surface area contributed by atoms with Crippen molar-refractivity contribution in [2.24, 2.45) is 0 Å². The van der Waals surface area contributed by atoms with Gasteiger partial charge in [-0.25, -0.2) is 4.68 Å². The van der Waals surface area contributed by atoms with Crippen LogP contribution in [0.2, 0.25) is 5.02 Å². The number of nitrogens with one attached hydrogen (secondary N) is 1. The van der Waals surface area contributed by atoms with Crippen LogP contribution in [0.15, 0.2) is 30.3 Å². The fourth-order valence-electron chi connectivity index (χ4n) is 2.79. The number of benzene rings is 1. The molecule has 1 aliphatic rings. The molecule has 1 N–H and O–H groups in total. The topological polar surface area (TPSA) is 67.2 Å². The number of amides is 2. The van der Waals surface area contributed by atoms with Gasteiger partial charge in [0.25, 0.3) is 0 Å². The first-order valence-corrected chi connectivity index (χ1v) is 8.31. The lowest BCUT2D eigenvalue weighted by Crippen LogP contribution is -2.37. The number of fused-ring (bicyclic) bond motifs is 1. The maximum absolute atomic E-state index is 12.5. The molecule has 126 valence electrons.